The number of hydrogen-bond acceptors (Lipinski definition) is 4. The second kappa shape index (κ2) is 8.46. The number of nitrogen functional groups attached to an aromatic ring is 1. The van der Waals surface area contributed by atoms with Gasteiger partial charge in [-0.15, -0.1) is 0 Å². The van der Waals surface area contributed by atoms with Crippen molar-refractivity contribution in [3.8, 4) is 0 Å². The van der Waals surface area contributed by atoms with Gasteiger partial charge >= 0.3 is 5.97 Å². The molecule has 0 fully saturated rings. The van der Waals surface area contributed by atoms with Gasteiger partial charge in [-0.1, -0.05) is 26.2 Å². The van der Waals surface area contributed by atoms with E-state index in [2.05, 4.69) is 19.2 Å². The van der Waals surface area contributed by atoms with E-state index in [0.717, 1.165) is 12.1 Å². The Morgan fingerprint density at radius 3 is 2.75 bits per heavy atom. The Kier molecular flexibility index (Phi) is 6.91. The maximum atomic E-state index is 11.8. The maximum Gasteiger partial charge on any atom is 0.340 e. The highest BCUT2D eigenvalue weighted by Crippen LogP contribution is 2.20. The summed E-state index contributed by atoms with van der Waals surface area (Å²) in [5.74, 6) is -0.368. The first-order chi connectivity index (χ1) is 9.58. The zero-order valence-corrected chi connectivity index (χ0v) is 12.7. The normalized spacial score (nSPS) is 11.9. The number of hydrogen-bond donors (Lipinski definition) is 2. The predicted octanol–water partition coefficient (Wildman–Crippen LogP) is 3.83. The third-order valence-corrected chi connectivity index (χ3v) is 3.20. The van der Waals surface area contributed by atoms with Gasteiger partial charge in [-0.2, -0.15) is 0 Å². The first-order valence-corrected chi connectivity index (χ1v) is 7.41. The molecule has 3 N–H and O–H groups in total. The second-order valence-corrected chi connectivity index (χ2v) is 5.06. The second-order valence-electron chi connectivity index (χ2n) is 5.06. The monoisotopic (exact) mass is 278 g/mol. The molecule has 0 aliphatic rings. The van der Waals surface area contributed by atoms with E-state index < -0.39 is 0 Å². The van der Waals surface area contributed by atoms with Crippen molar-refractivity contribution in [1.82, 2.24) is 0 Å². The van der Waals surface area contributed by atoms with Crippen molar-refractivity contribution in [1.29, 1.82) is 0 Å². The van der Waals surface area contributed by atoms with Crippen LogP contribution in [0.5, 0.6) is 0 Å². The van der Waals surface area contributed by atoms with Crippen molar-refractivity contribution >= 4 is 17.3 Å². The molecule has 1 aromatic rings. The number of nitrogens with two attached hydrogens (primary N) is 1. The van der Waals surface area contributed by atoms with E-state index in [4.69, 9.17) is 10.5 Å². The Morgan fingerprint density at radius 2 is 2.10 bits per heavy atom. The van der Waals surface area contributed by atoms with Gasteiger partial charge in [0.05, 0.1) is 12.2 Å². The summed E-state index contributed by atoms with van der Waals surface area (Å²) in [6, 6.07) is 5.78. The van der Waals surface area contributed by atoms with Gasteiger partial charge in [-0.25, -0.2) is 4.79 Å². The molecule has 4 heteroatoms. The molecule has 1 rings (SSSR count). The largest absolute Gasteiger partial charge is 0.462 e. The van der Waals surface area contributed by atoms with E-state index in [1.165, 1.54) is 19.3 Å². The lowest BCUT2D eigenvalue weighted by Crippen LogP contribution is -2.16. The predicted molar refractivity (Wildman–Crippen MR) is 84.0 cm³/mol. The molecule has 0 amide bonds. The highest BCUT2D eigenvalue weighted by molar-refractivity contribution is 5.96. The van der Waals surface area contributed by atoms with Gasteiger partial charge < -0.3 is 15.8 Å². The molecule has 4 nitrogen and oxygen atoms in total. The van der Waals surface area contributed by atoms with Crippen molar-refractivity contribution < 1.29 is 9.53 Å². The average Bonchev–Trinajstić information content (AvgIpc) is 2.41. The number of rotatable bonds is 8. The van der Waals surface area contributed by atoms with Crippen LogP contribution in [0.15, 0.2) is 18.2 Å². The first-order valence-electron chi connectivity index (χ1n) is 7.41. The van der Waals surface area contributed by atoms with E-state index in [0.29, 0.717) is 23.9 Å². The molecule has 112 valence electrons. The standard InChI is InChI=1S/C16H26N2O2/c1-4-6-7-8-12(3)18-13-9-10-15(17)14(11-13)16(19)20-5-2/h9-12,18H,4-8,17H2,1-3H3. The summed E-state index contributed by atoms with van der Waals surface area (Å²) >= 11 is 0. The van der Waals surface area contributed by atoms with E-state index in [-0.39, 0.29) is 5.97 Å². The minimum atomic E-state index is -0.368. The average molecular weight is 278 g/mol. The lowest BCUT2D eigenvalue weighted by atomic mass is 10.1. The fraction of sp³-hybridized carbons (Fsp3) is 0.562. The van der Waals surface area contributed by atoms with Crippen molar-refractivity contribution in [2.45, 2.75) is 52.5 Å². The van der Waals surface area contributed by atoms with Gasteiger partial charge in [0, 0.05) is 17.4 Å². The molecule has 0 saturated carbocycles. The Balaban J connectivity index is 2.67. The molecule has 1 unspecified atom stereocenters. The van der Waals surface area contributed by atoms with Gasteiger partial charge in [0.25, 0.3) is 0 Å². The van der Waals surface area contributed by atoms with Crippen LogP contribution in [0.1, 0.15) is 56.8 Å². The molecule has 20 heavy (non-hydrogen) atoms. The van der Waals surface area contributed by atoms with E-state index in [1.54, 1.807) is 19.1 Å². The Bertz CT molecular complexity index is 432. The quantitative estimate of drug-likeness (QED) is 0.431. The van der Waals surface area contributed by atoms with Crippen LogP contribution in [0.3, 0.4) is 0 Å². The Hall–Kier alpha value is -1.71. The van der Waals surface area contributed by atoms with E-state index >= 15 is 0 Å². The number of esters is 1. The first kappa shape index (κ1) is 16.3. The number of anilines is 2. The third kappa shape index (κ3) is 5.11. The van der Waals surface area contributed by atoms with Crippen LogP contribution in [0.2, 0.25) is 0 Å². The van der Waals surface area contributed by atoms with Crippen LogP contribution in [0.25, 0.3) is 0 Å². The third-order valence-electron chi connectivity index (χ3n) is 3.20. The number of benzene rings is 1. The molecule has 0 spiro atoms. The maximum absolute atomic E-state index is 11.8. The number of carbonyl (C=O) groups excluding carboxylic acids is 1. The molecule has 0 heterocycles. The van der Waals surface area contributed by atoms with Crippen LogP contribution in [-0.2, 0) is 4.74 Å². The number of ether oxygens (including phenoxy) is 1. The van der Waals surface area contributed by atoms with Crippen molar-refractivity contribution in [3.63, 3.8) is 0 Å². The zero-order valence-electron chi connectivity index (χ0n) is 12.7. The summed E-state index contributed by atoms with van der Waals surface area (Å²) in [6.45, 7) is 6.48. The van der Waals surface area contributed by atoms with Crippen LogP contribution in [0.4, 0.5) is 11.4 Å². The van der Waals surface area contributed by atoms with Crippen LogP contribution in [-0.4, -0.2) is 18.6 Å². The summed E-state index contributed by atoms with van der Waals surface area (Å²) in [7, 11) is 0. The highest BCUT2D eigenvalue weighted by atomic mass is 16.5. The molecular formula is C16H26N2O2. The number of carbonyl (C=O) groups is 1. The van der Waals surface area contributed by atoms with Gasteiger partial charge in [0.15, 0.2) is 0 Å². The van der Waals surface area contributed by atoms with Gasteiger partial charge in [-0.3, -0.25) is 0 Å². The van der Waals surface area contributed by atoms with Crippen molar-refractivity contribution in [2.75, 3.05) is 17.7 Å². The minimum Gasteiger partial charge on any atom is -0.462 e. The zero-order chi connectivity index (χ0) is 15.0. The van der Waals surface area contributed by atoms with Gasteiger partial charge in [0.2, 0.25) is 0 Å². The summed E-state index contributed by atoms with van der Waals surface area (Å²) in [6.07, 6.45) is 4.81. The number of nitrogens with one attached hydrogen (secondary N) is 1. The van der Waals surface area contributed by atoms with Crippen molar-refractivity contribution in [2.24, 2.45) is 0 Å². The molecular weight excluding hydrogens is 252 g/mol. The molecule has 0 saturated heterocycles. The van der Waals surface area contributed by atoms with Crippen LogP contribution < -0.4 is 11.1 Å². The fourth-order valence-corrected chi connectivity index (χ4v) is 2.09. The summed E-state index contributed by atoms with van der Waals surface area (Å²) in [5.41, 5.74) is 7.61. The number of unbranched alkanes of at least 4 members (excludes halogenated alkanes) is 2. The molecule has 0 bridgehead atoms. The molecule has 0 aliphatic carbocycles. The lowest BCUT2D eigenvalue weighted by molar-refractivity contribution is 0.0527. The molecule has 1 aromatic carbocycles. The molecule has 0 aromatic heterocycles. The van der Waals surface area contributed by atoms with Crippen LogP contribution in [0, 0.1) is 0 Å². The lowest BCUT2D eigenvalue weighted by Gasteiger charge is -2.16. The van der Waals surface area contributed by atoms with Gasteiger partial charge in [-0.05, 0) is 38.5 Å². The molecule has 0 radical (unpaired) electrons. The highest BCUT2D eigenvalue weighted by Gasteiger charge is 2.12. The van der Waals surface area contributed by atoms with Gasteiger partial charge in [0.1, 0.15) is 0 Å². The van der Waals surface area contributed by atoms with E-state index in [1.807, 2.05) is 6.07 Å². The molecule has 1 atom stereocenters. The summed E-state index contributed by atoms with van der Waals surface area (Å²) < 4.78 is 5.00. The summed E-state index contributed by atoms with van der Waals surface area (Å²) in [5, 5.41) is 3.40. The summed E-state index contributed by atoms with van der Waals surface area (Å²) in [4.78, 5) is 11.8. The van der Waals surface area contributed by atoms with Crippen molar-refractivity contribution in [3.05, 3.63) is 23.8 Å². The van der Waals surface area contributed by atoms with E-state index in [9.17, 15) is 4.79 Å². The topological polar surface area (TPSA) is 64.3 Å². The van der Waals surface area contributed by atoms with Crippen LogP contribution >= 0.6 is 0 Å². The minimum absolute atomic E-state index is 0.351. The Labute approximate surface area is 121 Å². The smallest absolute Gasteiger partial charge is 0.340 e. The molecule has 0 aliphatic heterocycles. The fourth-order valence-electron chi connectivity index (χ4n) is 2.09. The SMILES string of the molecule is CCCCCC(C)Nc1ccc(N)c(C(=O)OCC)c1. The Morgan fingerprint density at radius 1 is 1.35 bits per heavy atom.